The maximum atomic E-state index is 6.02. The van der Waals surface area contributed by atoms with Gasteiger partial charge in [0, 0.05) is 17.1 Å². The van der Waals surface area contributed by atoms with Crippen LogP contribution in [0.5, 0.6) is 11.5 Å². The van der Waals surface area contributed by atoms with Gasteiger partial charge in [-0.2, -0.15) is 0 Å². The van der Waals surface area contributed by atoms with E-state index >= 15 is 0 Å². The number of rotatable bonds is 4. The molecule has 0 aliphatic heterocycles. The van der Waals surface area contributed by atoms with Crippen LogP contribution in [0.1, 0.15) is 5.56 Å². The van der Waals surface area contributed by atoms with Gasteiger partial charge in [-0.1, -0.05) is 29.8 Å². The molecule has 0 spiro atoms. The van der Waals surface area contributed by atoms with Crippen LogP contribution in [0, 0.1) is 3.57 Å². The Morgan fingerprint density at radius 2 is 1.94 bits per heavy atom. The third-order valence-corrected chi connectivity index (χ3v) is 3.58. The van der Waals surface area contributed by atoms with Crippen molar-refractivity contribution in [3.8, 4) is 11.5 Å². The van der Waals surface area contributed by atoms with Crippen LogP contribution >= 0.6 is 34.2 Å². The van der Waals surface area contributed by atoms with Gasteiger partial charge in [0.25, 0.3) is 0 Å². The predicted molar refractivity (Wildman–Crippen MR) is 83.4 cm³/mol. The molecule has 2 aromatic rings. The van der Waals surface area contributed by atoms with Gasteiger partial charge >= 0.3 is 0 Å². The van der Waals surface area contributed by atoms with Crippen LogP contribution in [-0.4, -0.2) is 7.05 Å². The van der Waals surface area contributed by atoms with Crippen LogP contribution < -0.4 is 10.1 Å². The molecule has 0 radical (unpaired) electrons. The average molecular weight is 374 g/mol. The summed E-state index contributed by atoms with van der Waals surface area (Å²) in [7, 11) is 1.91. The molecular formula is C14H13ClINO. The van der Waals surface area contributed by atoms with Crippen molar-refractivity contribution in [2.75, 3.05) is 7.05 Å². The Morgan fingerprint density at radius 1 is 1.17 bits per heavy atom. The maximum Gasteiger partial charge on any atom is 0.140 e. The summed E-state index contributed by atoms with van der Waals surface area (Å²) in [5.41, 5.74) is 1.08. The number of hydrogen-bond acceptors (Lipinski definition) is 2. The molecule has 0 aliphatic rings. The molecular weight excluding hydrogens is 361 g/mol. The lowest BCUT2D eigenvalue weighted by Gasteiger charge is -2.12. The second kappa shape index (κ2) is 6.41. The van der Waals surface area contributed by atoms with Crippen molar-refractivity contribution in [2.45, 2.75) is 6.54 Å². The Hall–Kier alpha value is -0.780. The molecule has 0 unspecified atom stereocenters. The smallest absolute Gasteiger partial charge is 0.140 e. The lowest BCUT2D eigenvalue weighted by molar-refractivity contribution is 0.471. The summed E-state index contributed by atoms with van der Waals surface area (Å²) in [6.45, 7) is 0.746. The maximum absolute atomic E-state index is 6.02. The zero-order valence-corrected chi connectivity index (χ0v) is 12.8. The summed E-state index contributed by atoms with van der Waals surface area (Å²) in [6.07, 6.45) is 0. The summed E-state index contributed by atoms with van der Waals surface area (Å²) in [5, 5.41) is 3.80. The van der Waals surface area contributed by atoms with E-state index in [4.69, 9.17) is 16.3 Å². The number of halogens is 2. The fourth-order valence-corrected chi connectivity index (χ4v) is 2.27. The molecule has 18 heavy (non-hydrogen) atoms. The lowest BCUT2D eigenvalue weighted by atomic mass is 10.2. The number of nitrogens with one attached hydrogen (secondary N) is 1. The van der Waals surface area contributed by atoms with E-state index < -0.39 is 0 Å². The van der Waals surface area contributed by atoms with Crippen molar-refractivity contribution >= 4 is 34.2 Å². The van der Waals surface area contributed by atoms with E-state index in [2.05, 4.69) is 27.9 Å². The minimum Gasteiger partial charge on any atom is -0.456 e. The van der Waals surface area contributed by atoms with E-state index in [0.717, 1.165) is 27.2 Å². The van der Waals surface area contributed by atoms with Gasteiger partial charge in [-0.25, -0.2) is 0 Å². The Bertz CT molecular complexity index is 545. The molecule has 0 aliphatic carbocycles. The Kier molecular flexibility index (Phi) is 4.86. The minimum atomic E-state index is 0.677. The number of benzene rings is 2. The number of hydrogen-bond donors (Lipinski definition) is 1. The molecule has 1 N–H and O–H groups in total. The molecule has 0 fully saturated rings. The topological polar surface area (TPSA) is 21.3 Å². The summed E-state index contributed by atoms with van der Waals surface area (Å²) < 4.78 is 7.02. The van der Waals surface area contributed by atoms with Crippen LogP contribution in [0.25, 0.3) is 0 Å². The third-order valence-electron chi connectivity index (χ3n) is 2.45. The Morgan fingerprint density at radius 3 is 2.67 bits per heavy atom. The Balaban J connectivity index is 2.33. The van der Waals surface area contributed by atoms with Gasteiger partial charge in [0.2, 0.25) is 0 Å². The fourth-order valence-electron chi connectivity index (χ4n) is 1.61. The largest absolute Gasteiger partial charge is 0.456 e. The summed E-state index contributed by atoms with van der Waals surface area (Å²) in [5.74, 6) is 1.64. The van der Waals surface area contributed by atoms with E-state index in [0.29, 0.717) is 5.02 Å². The van der Waals surface area contributed by atoms with E-state index in [1.807, 2.05) is 49.5 Å². The second-order valence-corrected chi connectivity index (χ2v) is 5.41. The summed E-state index contributed by atoms with van der Waals surface area (Å²) >= 11 is 8.28. The Labute approximate surface area is 125 Å². The van der Waals surface area contributed by atoms with Gasteiger partial charge in [-0.3, -0.25) is 0 Å². The van der Waals surface area contributed by atoms with Gasteiger partial charge in [0.1, 0.15) is 11.5 Å². The van der Waals surface area contributed by atoms with E-state index in [1.54, 1.807) is 0 Å². The molecule has 0 bridgehead atoms. The van der Waals surface area contributed by atoms with Gasteiger partial charge < -0.3 is 10.1 Å². The SMILES string of the molecule is CNCc1ccc(Cl)cc1Oc1ccccc1I. The van der Waals surface area contributed by atoms with Crippen LogP contribution in [0.4, 0.5) is 0 Å². The first-order valence-corrected chi connectivity index (χ1v) is 7.02. The van der Waals surface area contributed by atoms with E-state index in [9.17, 15) is 0 Å². The van der Waals surface area contributed by atoms with Crippen LogP contribution in [-0.2, 0) is 6.54 Å². The minimum absolute atomic E-state index is 0.677. The average Bonchev–Trinajstić information content (AvgIpc) is 2.36. The lowest BCUT2D eigenvalue weighted by Crippen LogP contribution is -2.06. The van der Waals surface area contributed by atoms with Gasteiger partial charge in [0.15, 0.2) is 0 Å². The van der Waals surface area contributed by atoms with Crippen molar-refractivity contribution in [1.82, 2.24) is 5.32 Å². The van der Waals surface area contributed by atoms with Crippen molar-refractivity contribution in [2.24, 2.45) is 0 Å². The summed E-state index contributed by atoms with van der Waals surface area (Å²) in [6, 6.07) is 13.6. The molecule has 94 valence electrons. The van der Waals surface area contributed by atoms with E-state index in [-0.39, 0.29) is 0 Å². The predicted octanol–water partition coefficient (Wildman–Crippen LogP) is 4.46. The summed E-state index contributed by atoms with van der Waals surface area (Å²) in [4.78, 5) is 0. The van der Waals surface area contributed by atoms with Crippen LogP contribution in [0.3, 0.4) is 0 Å². The first-order valence-electron chi connectivity index (χ1n) is 5.56. The quantitative estimate of drug-likeness (QED) is 0.799. The molecule has 4 heteroatoms. The number of ether oxygens (including phenoxy) is 1. The molecule has 0 amide bonds. The highest BCUT2D eigenvalue weighted by Gasteiger charge is 2.07. The van der Waals surface area contributed by atoms with Crippen molar-refractivity contribution in [3.05, 3.63) is 56.6 Å². The third kappa shape index (κ3) is 3.37. The van der Waals surface area contributed by atoms with Crippen molar-refractivity contribution < 1.29 is 4.74 Å². The fraction of sp³-hybridized carbons (Fsp3) is 0.143. The highest BCUT2D eigenvalue weighted by atomic mass is 127. The zero-order chi connectivity index (χ0) is 13.0. The van der Waals surface area contributed by atoms with Crippen molar-refractivity contribution in [1.29, 1.82) is 0 Å². The highest BCUT2D eigenvalue weighted by Crippen LogP contribution is 2.31. The molecule has 0 aromatic heterocycles. The first-order chi connectivity index (χ1) is 8.70. The van der Waals surface area contributed by atoms with E-state index in [1.165, 1.54) is 0 Å². The molecule has 2 rings (SSSR count). The molecule has 2 aromatic carbocycles. The molecule has 2 nitrogen and oxygen atoms in total. The van der Waals surface area contributed by atoms with Gasteiger partial charge in [0.05, 0.1) is 3.57 Å². The van der Waals surface area contributed by atoms with Crippen molar-refractivity contribution in [3.63, 3.8) is 0 Å². The second-order valence-electron chi connectivity index (χ2n) is 3.81. The molecule has 0 atom stereocenters. The number of para-hydroxylation sites is 1. The standard InChI is InChI=1S/C14H13ClINO/c1-17-9-10-6-7-11(15)8-14(10)18-13-5-3-2-4-12(13)16/h2-8,17H,9H2,1H3. The van der Waals surface area contributed by atoms with Crippen LogP contribution in [0.2, 0.25) is 5.02 Å². The monoisotopic (exact) mass is 373 g/mol. The normalized spacial score (nSPS) is 10.4. The van der Waals surface area contributed by atoms with Gasteiger partial charge in [-0.15, -0.1) is 0 Å². The van der Waals surface area contributed by atoms with Gasteiger partial charge in [-0.05, 0) is 53.9 Å². The zero-order valence-electron chi connectivity index (χ0n) is 9.91. The highest BCUT2D eigenvalue weighted by molar-refractivity contribution is 14.1. The van der Waals surface area contributed by atoms with Crippen LogP contribution in [0.15, 0.2) is 42.5 Å². The molecule has 0 heterocycles. The molecule has 0 saturated carbocycles. The molecule has 0 saturated heterocycles. The first kappa shape index (κ1) is 13.6.